The lowest BCUT2D eigenvalue weighted by molar-refractivity contribution is -0.159. The number of hydrogen-bond acceptors (Lipinski definition) is 6. The molecule has 0 aromatic heterocycles. The molecule has 0 saturated heterocycles. The van der Waals surface area contributed by atoms with Crippen molar-refractivity contribution in [3.63, 3.8) is 0 Å². The van der Waals surface area contributed by atoms with E-state index in [4.69, 9.17) is 24.5 Å². The largest absolute Gasteiger partial charge is 0.497 e. The number of ether oxygens (including phenoxy) is 1. The molecule has 154 valence electrons. The molecule has 0 aliphatic carbocycles. The summed E-state index contributed by atoms with van der Waals surface area (Å²) in [5, 5.41) is 31.2. The molecule has 0 saturated carbocycles. The third-order valence-corrected chi connectivity index (χ3v) is 4.34. The SMILES string of the molecule is CCCC1NCCC=C1CCC(=NO)c1ccc(OC)cc1.O=C(O)C(=O)O. The second-order valence-corrected chi connectivity index (χ2v) is 6.25. The van der Waals surface area contributed by atoms with Crippen LogP contribution >= 0.6 is 0 Å². The van der Waals surface area contributed by atoms with Crippen LogP contribution in [0.25, 0.3) is 0 Å². The predicted octanol–water partition coefficient (Wildman–Crippen LogP) is 2.90. The summed E-state index contributed by atoms with van der Waals surface area (Å²) in [4.78, 5) is 18.2. The minimum atomic E-state index is -1.82. The first-order valence-corrected chi connectivity index (χ1v) is 9.16. The van der Waals surface area contributed by atoms with Crippen LogP contribution in [0.2, 0.25) is 0 Å². The van der Waals surface area contributed by atoms with Crippen LogP contribution in [0.1, 0.15) is 44.6 Å². The van der Waals surface area contributed by atoms with E-state index in [1.54, 1.807) is 7.11 Å². The Balaban J connectivity index is 0.000000568. The number of rotatable bonds is 7. The van der Waals surface area contributed by atoms with Crippen molar-refractivity contribution in [3.05, 3.63) is 41.5 Å². The Kier molecular flexibility index (Phi) is 10.3. The molecule has 1 atom stereocenters. The van der Waals surface area contributed by atoms with Crippen LogP contribution in [0.3, 0.4) is 0 Å². The van der Waals surface area contributed by atoms with Gasteiger partial charge in [-0.15, -0.1) is 0 Å². The highest BCUT2D eigenvalue weighted by Gasteiger charge is 2.17. The third kappa shape index (κ3) is 7.79. The van der Waals surface area contributed by atoms with E-state index in [0.717, 1.165) is 42.8 Å². The van der Waals surface area contributed by atoms with Gasteiger partial charge < -0.3 is 25.5 Å². The first kappa shape index (κ1) is 23.2. The number of carboxylic acids is 2. The van der Waals surface area contributed by atoms with Gasteiger partial charge in [0.15, 0.2) is 0 Å². The van der Waals surface area contributed by atoms with Gasteiger partial charge in [-0.25, -0.2) is 9.59 Å². The fourth-order valence-electron chi connectivity index (χ4n) is 2.94. The molecule has 4 N–H and O–H groups in total. The molecular weight excluding hydrogens is 364 g/mol. The maximum absolute atomic E-state index is 9.33. The second kappa shape index (κ2) is 12.5. The molecule has 8 nitrogen and oxygen atoms in total. The van der Waals surface area contributed by atoms with Crippen molar-refractivity contribution < 1.29 is 29.7 Å². The van der Waals surface area contributed by atoms with Gasteiger partial charge in [-0.3, -0.25) is 0 Å². The van der Waals surface area contributed by atoms with Crippen molar-refractivity contribution in [2.45, 2.75) is 45.1 Å². The van der Waals surface area contributed by atoms with Gasteiger partial charge >= 0.3 is 11.9 Å². The Morgan fingerprint density at radius 2 is 1.86 bits per heavy atom. The zero-order valence-electron chi connectivity index (χ0n) is 16.2. The summed E-state index contributed by atoms with van der Waals surface area (Å²) in [6.45, 7) is 3.28. The standard InChI is InChI=1S/C18H26N2O2.C2H2O4/c1-3-5-17-14(6-4-13-19-17)9-12-18(20-21)15-7-10-16(22-2)11-8-15;3-1(4)2(5)6/h6-8,10-11,17,19,21H,3-5,9,12-13H2,1-2H3;(H,3,4)(H,5,6). The molecule has 0 fully saturated rings. The van der Waals surface area contributed by atoms with Crippen molar-refractivity contribution in [1.29, 1.82) is 0 Å². The molecule has 0 spiro atoms. The first-order valence-electron chi connectivity index (χ1n) is 9.16. The summed E-state index contributed by atoms with van der Waals surface area (Å²) in [5.74, 6) is -2.84. The lowest BCUT2D eigenvalue weighted by Crippen LogP contribution is -2.34. The van der Waals surface area contributed by atoms with E-state index >= 15 is 0 Å². The summed E-state index contributed by atoms with van der Waals surface area (Å²) < 4.78 is 5.16. The number of oxime groups is 1. The van der Waals surface area contributed by atoms with Crippen LogP contribution in [0.15, 0.2) is 41.1 Å². The minimum absolute atomic E-state index is 0.481. The molecule has 0 radical (unpaired) electrons. The van der Waals surface area contributed by atoms with Crippen LogP contribution < -0.4 is 10.1 Å². The van der Waals surface area contributed by atoms with Crippen molar-refractivity contribution in [1.82, 2.24) is 5.32 Å². The van der Waals surface area contributed by atoms with E-state index < -0.39 is 11.9 Å². The third-order valence-electron chi connectivity index (χ3n) is 4.34. The van der Waals surface area contributed by atoms with Crippen molar-refractivity contribution in [2.75, 3.05) is 13.7 Å². The van der Waals surface area contributed by atoms with Gasteiger partial charge in [0.2, 0.25) is 0 Å². The van der Waals surface area contributed by atoms with E-state index in [-0.39, 0.29) is 0 Å². The first-order chi connectivity index (χ1) is 13.4. The summed E-state index contributed by atoms with van der Waals surface area (Å²) in [6, 6.07) is 8.13. The molecule has 1 aromatic rings. The molecule has 1 aliphatic rings. The molecule has 28 heavy (non-hydrogen) atoms. The highest BCUT2D eigenvalue weighted by Crippen LogP contribution is 2.21. The fraction of sp³-hybridized carbons (Fsp3) is 0.450. The maximum atomic E-state index is 9.33. The van der Waals surface area contributed by atoms with Crippen LogP contribution in [0, 0.1) is 0 Å². The Labute approximate surface area is 164 Å². The van der Waals surface area contributed by atoms with Crippen molar-refractivity contribution in [2.24, 2.45) is 5.16 Å². The van der Waals surface area contributed by atoms with Gasteiger partial charge in [-0.2, -0.15) is 0 Å². The number of carboxylic acid groups (broad SMARTS) is 2. The molecule has 1 aromatic carbocycles. The number of nitrogens with one attached hydrogen (secondary N) is 1. The Hall–Kier alpha value is -2.87. The van der Waals surface area contributed by atoms with Crippen LogP contribution in [0.4, 0.5) is 0 Å². The van der Waals surface area contributed by atoms with E-state index in [2.05, 4.69) is 23.5 Å². The zero-order valence-corrected chi connectivity index (χ0v) is 16.2. The quantitative estimate of drug-likeness (QED) is 0.185. The van der Waals surface area contributed by atoms with Gasteiger partial charge in [-0.05, 0) is 62.1 Å². The molecule has 0 bridgehead atoms. The summed E-state index contributed by atoms with van der Waals surface area (Å²) in [7, 11) is 1.65. The van der Waals surface area contributed by atoms with Gasteiger partial charge in [-0.1, -0.05) is 30.1 Å². The topological polar surface area (TPSA) is 128 Å². The molecule has 2 rings (SSSR count). The lowest BCUT2D eigenvalue weighted by Gasteiger charge is -2.25. The Bertz CT molecular complexity index is 685. The van der Waals surface area contributed by atoms with E-state index in [1.807, 2.05) is 24.3 Å². The van der Waals surface area contributed by atoms with Crippen LogP contribution in [0.5, 0.6) is 5.75 Å². The van der Waals surface area contributed by atoms with Crippen molar-refractivity contribution >= 4 is 17.7 Å². The van der Waals surface area contributed by atoms with E-state index in [0.29, 0.717) is 6.04 Å². The predicted molar refractivity (Wildman–Crippen MR) is 105 cm³/mol. The molecule has 0 amide bonds. The number of carbonyl (C=O) groups is 2. The number of methoxy groups -OCH3 is 1. The van der Waals surface area contributed by atoms with Gasteiger partial charge in [0, 0.05) is 6.04 Å². The monoisotopic (exact) mass is 392 g/mol. The average Bonchev–Trinajstić information content (AvgIpc) is 2.70. The summed E-state index contributed by atoms with van der Waals surface area (Å²) in [5.41, 5.74) is 3.12. The average molecular weight is 392 g/mol. The maximum Gasteiger partial charge on any atom is 0.414 e. The number of benzene rings is 1. The molecular formula is C20H28N2O6. The molecule has 1 aliphatic heterocycles. The Morgan fingerprint density at radius 1 is 1.21 bits per heavy atom. The lowest BCUT2D eigenvalue weighted by atomic mass is 9.92. The van der Waals surface area contributed by atoms with E-state index in [9.17, 15) is 5.21 Å². The highest BCUT2D eigenvalue weighted by atomic mass is 16.5. The number of hydrogen-bond donors (Lipinski definition) is 4. The number of aliphatic carboxylic acids is 2. The number of nitrogens with zero attached hydrogens (tertiary/aromatic N) is 1. The van der Waals surface area contributed by atoms with Gasteiger partial charge in [0.25, 0.3) is 0 Å². The summed E-state index contributed by atoms with van der Waals surface area (Å²) in [6.07, 6.45) is 7.46. The Morgan fingerprint density at radius 3 is 2.36 bits per heavy atom. The molecule has 1 unspecified atom stereocenters. The van der Waals surface area contributed by atoms with E-state index in [1.165, 1.54) is 18.4 Å². The smallest absolute Gasteiger partial charge is 0.414 e. The zero-order chi connectivity index (χ0) is 20.9. The minimum Gasteiger partial charge on any atom is -0.497 e. The highest BCUT2D eigenvalue weighted by molar-refractivity contribution is 6.27. The molecule has 1 heterocycles. The molecule has 8 heteroatoms. The van der Waals surface area contributed by atoms with Gasteiger partial charge in [0.1, 0.15) is 5.75 Å². The van der Waals surface area contributed by atoms with Crippen LogP contribution in [-0.2, 0) is 9.59 Å². The normalized spacial score (nSPS) is 16.4. The second-order valence-electron chi connectivity index (χ2n) is 6.25. The van der Waals surface area contributed by atoms with Crippen molar-refractivity contribution in [3.8, 4) is 5.75 Å². The summed E-state index contributed by atoms with van der Waals surface area (Å²) >= 11 is 0. The van der Waals surface area contributed by atoms with Gasteiger partial charge in [0.05, 0.1) is 12.8 Å². The fourth-order valence-corrected chi connectivity index (χ4v) is 2.94. The van der Waals surface area contributed by atoms with Crippen LogP contribution in [-0.4, -0.2) is 52.8 Å².